The SMILES string of the molecule is CC1=C(C)OC(C)(C)C=C1. The molecule has 0 atom stereocenters. The first-order chi connectivity index (χ1) is 4.51. The van der Waals surface area contributed by atoms with E-state index >= 15 is 0 Å². The maximum atomic E-state index is 5.58. The predicted molar refractivity (Wildman–Crippen MR) is 42.7 cm³/mol. The van der Waals surface area contributed by atoms with E-state index in [2.05, 4.69) is 32.9 Å². The average molecular weight is 138 g/mol. The minimum Gasteiger partial charge on any atom is -0.488 e. The third kappa shape index (κ3) is 1.41. The number of hydrogen-bond donors (Lipinski definition) is 0. The first-order valence-corrected chi connectivity index (χ1v) is 3.57. The maximum Gasteiger partial charge on any atom is 0.121 e. The summed E-state index contributed by atoms with van der Waals surface area (Å²) in [5.41, 5.74) is 1.11. The predicted octanol–water partition coefficient (Wildman–Crippen LogP) is 2.65. The van der Waals surface area contributed by atoms with Crippen molar-refractivity contribution in [2.24, 2.45) is 0 Å². The second-order valence-corrected chi connectivity index (χ2v) is 3.28. The Morgan fingerprint density at radius 3 is 2.30 bits per heavy atom. The molecule has 0 amide bonds. The van der Waals surface area contributed by atoms with E-state index in [1.54, 1.807) is 0 Å². The molecule has 1 heteroatoms. The Hall–Kier alpha value is -0.720. The van der Waals surface area contributed by atoms with Crippen molar-refractivity contribution < 1.29 is 4.74 Å². The van der Waals surface area contributed by atoms with E-state index in [0.29, 0.717) is 0 Å². The molecule has 10 heavy (non-hydrogen) atoms. The van der Waals surface area contributed by atoms with Crippen molar-refractivity contribution >= 4 is 0 Å². The van der Waals surface area contributed by atoms with Crippen LogP contribution in [0.3, 0.4) is 0 Å². The van der Waals surface area contributed by atoms with Gasteiger partial charge in [-0.1, -0.05) is 6.08 Å². The van der Waals surface area contributed by atoms with Crippen molar-refractivity contribution in [3.63, 3.8) is 0 Å². The minimum atomic E-state index is -0.108. The number of rotatable bonds is 0. The highest BCUT2D eigenvalue weighted by atomic mass is 16.5. The summed E-state index contributed by atoms with van der Waals surface area (Å²) in [6.07, 6.45) is 4.19. The van der Waals surface area contributed by atoms with Crippen LogP contribution in [0.4, 0.5) is 0 Å². The molecule has 0 aromatic heterocycles. The molecule has 0 aromatic carbocycles. The van der Waals surface area contributed by atoms with Crippen molar-refractivity contribution in [1.29, 1.82) is 0 Å². The summed E-state index contributed by atoms with van der Waals surface area (Å²) in [7, 11) is 0. The van der Waals surface area contributed by atoms with Crippen LogP contribution < -0.4 is 0 Å². The standard InChI is InChI=1S/C9H14O/c1-7-5-6-9(3,4)10-8(7)2/h5-6H,1-4H3. The van der Waals surface area contributed by atoms with E-state index in [1.165, 1.54) is 5.57 Å². The van der Waals surface area contributed by atoms with Gasteiger partial charge in [0.15, 0.2) is 0 Å². The van der Waals surface area contributed by atoms with Crippen LogP contribution in [0.15, 0.2) is 23.5 Å². The average Bonchev–Trinajstić information content (AvgIpc) is 1.79. The van der Waals surface area contributed by atoms with E-state index in [9.17, 15) is 0 Å². The molecule has 1 aliphatic heterocycles. The van der Waals surface area contributed by atoms with E-state index in [1.807, 2.05) is 6.92 Å². The molecule has 0 saturated heterocycles. The van der Waals surface area contributed by atoms with Gasteiger partial charge in [-0.05, 0) is 39.3 Å². The van der Waals surface area contributed by atoms with E-state index < -0.39 is 0 Å². The molecular weight excluding hydrogens is 124 g/mol. The molecular formula is C9H14O. The van der Waals surface area contributed by atoms with E-state index in [4.69, 9.17) is 4.74 Å². The lowest BCUT2D eigenvalue weighted by Gasteiger charge is -2.27. The van der Waals surface area contributed by atoms with Crippen LogP contribution in [0.2, 0.25) is 0 Å². The molecule has 56 valence electrons. The summed E-state index contributed by atoms with van der Waals surface area (Å²) < 4.78 is 5.58. The van der Waals surface area contributed by atoms with Gasteiger partial charge < -0.3 is 4.74 Å². The Morgan fingerprint density at radius 2 is 1.90 bits per heavy atom. The highest BCUT2D eigenvalue weighted by molar-refractivity contribution is 5.25. The Labute approximate surface area is 62.4 Å². The fourth-order valence-electron chi connectivity index (χ4n) is 0.952. The molecule has 0 unspecified atom stereocenters. The highest BCUT2D eigenvalue weighted by Crippen LogP contribution is 2.23. The number of ether oxygens (including phenoxy) is 1. The quantitative estimate of drug-likeness (QED) is 0.500. The van der Waals surface area contributed by atoms with Crippen LogP contribution in [0, 0.1) is 0 Å². The molecule has 0 aliphatic carbocycles. The smallest absolute Gasteiger partial charge is 0.121 e. The molecule has 0 N–H and O–H groups in total. The van der Waals surface area contributed by atoms with E-state index in [0.717, 1.165) is 5.76 Å². The third-order valence-electron chi connectivity index (χ3n) is 1.71. The van der Waals surface area contributed by atoms with Gasteiger partial charge >= 0.3 is 0 Å². The molecule has 0 aromatic rings. The van der Waals surface area contributed by atoms with E-state index in [-0.39, 0.29) is 5.60 Å². The van der Waals surface area contributed by atoms with Crippen LogP contribution in [-0.4, -0.2) is 5.60 Å². The van der Waals surface area contributed by atoms with Crippen molar-refractivity contribution in [1.82, 2.24) is 0 Å². The molecule has 0 radical (unpaired) electrons. The number of allylic oxidation sites excluding steroid dienone is 3. The molecule has 1 nitrogen and oxygen atoms in total. The van der Waals surface area contributed by atoms with Crippen LogP contribution in [0.1, 0.15) is 27.7 Å². The summed E-state index contributed by atoms with van der Waals surface area (Å²) in [5.74, 6) is 1.03. The molecule has 0 bridgehead atoms. The van der Waals surface area contributed by atoms with Crippen molar-refractivity contribution in [2.45, 2.75) is 33.3 Å². The van der Waals surface area contributed by atoms with Crippen molar-refractivity contribution in [3.05, 3.63) is 23.5 Å². The fourth-order valence-corrected chi connectivity index (χ4v) is 0.952. The molecule has 0 saturated carbocycles. The lowest BCUT2D eigenvalue weighted by Crippen LogP contribution is -2.22. The summed E-state index contributed by atoms with van der Waals surface area (Å²) >= 11 is 0. The van der Waals surface area contributed by atoms with Crippen LogP contribution in [0.25, 0.3) is 0 Å². The molecule has 0 fully saturated rings. The van der Waals surface area contributed by atoms with Gasteiger partial charge in [0.25, 0.3) is 0 Å². The van der Waals surface area contributed by atoms with Gasteiger partial charge in [0.2, 0.25) is 0 Å². The maximum absolute atomic E-state index is 5.58. The summed E-state index contributed by atoms with van der Waals surface area (Å²) in [4.78, 5) is 0. The van der Waals surface area contributed by atoms with Crippen molar-refractivity contribution in [3.8, 4) is 0 Å². The summed E-state index contributed by atoms with van der Waals surface area (Å²) in [5, 5.41) is 0. The monoisotopic (exact) mass is 138 g/mol. The van der Waals surface area contributed by atoms with Gasteiger partial charge in [0, 0.05) is 0 Å². The molecule has 1 aliphatic rings. The summed E-state index contributed by atoms with van der Waals surface area (Å²) in [6, 6.07) is 0. The molecule has 1 heterocycles. The molecule has 0 spiro atoms. The Kier molecular flexibility index (Phi) is 1.59. The van der Waals surface area contributed by atoms with Gasteiger partial charge in [0.1, 0.15) is 5.60 Å². The van der Waals surface area contributed by atoms with Gasteiger partial charge in [0.05, 0.1) is 5.76 Å². The van der Waals surface area contributed by atoms with Gasteiger partial charge in [-0.2, -0.15) is 0 Å². The Balaban J connectivity index is 2.85. The van der Waals surface area contributed by atoms with Gasteiger partial charge in [-0.15, -0.1) is 0 Å². The zero-order valence-electron chi connectivity index (χ0n) is 7.06. The normalized spacial score (nSPS) is 22.8. The fraction of sp³-hybridized carbons (Fsp3) is 0.556. The third-order valence-corrected chi connectivity index (χ3v) is 1.71. The second-order valence-electron chi connectivity index (χ2n) is 3.28. The first kappa shape index (κ1) is 7.39. The molecule has 1 rings (SSSR count). The second kappa shape index (κ2) is 2.15. The minimum absolute atomic E-state index is 0.108. The Morgan fingerprint density at radius 1 is 1.30 bits per heavy atom. The summed E-state index contributed by atoms with van der Waals surface area (Å²) in [6.45, 7) is 8.17. The van der Waals surface area contributed by atoms with Gasteiger partial charge in [-0.25, -0.2) is 0 Å². The van der Waals surface area contributed by atoms with Crippen LogP contribution in [-0.2, 0) is 4.74 Å². The topological polar surface area (TPSA) is 9.23 Å². The zero-order chi connectivity index (χ0) is 7.78. The number of hydrogen-bond acceptors (Lipinski definition) is 1. The van der Waals surface area contributed by atoms with Crippen LogP contribution >= 0.6 is 0 Å². The lowest BCUT2D eigenvalue weighted by atomic mass is 10.0. The van der Waals surface area contributed by atoms with Crippen molar-refractivity contribution in [2.75, 3.05) is 0 Å². The lowest BCUT2D eigenvalue weighted by molar-refractivity contribution is 0.0739. The zero-order valence-corrected chi connectivity index (χ0v) is 7.06. The first-order valence-electron chi connectivity index (χ1n) is 3.57. The largest absolute Gasteiger partial charge is 0.488 e. The Bertz CT molecular complexity index is 197. The van der Waals surface area contributed by atoms with Crippen LogP contribution in [0.5, 0.6) is 0 Å². The van der Waals surface area contributed by atoms with Gasteiger partial charge in [-0.3, -0.25) is 0 Å². The highest BCUT2D eigenvalue weighted by Gasteiger charge is 2.18.